The van der Waals surface area contributed by atoms with Gasteiger partial charge in [0.05, 0.1) is 5.69 Å². The maximum atomic E-state index is 12.9. The van der Waals surface area contributed by atoms with Crippen LogP contribution in [0, 0.1) is 0 Å². The van der Waals surface area contributed by atoms with Crippen LogP contribution in [0.5, 0.6) is 0 Å². The first kappa shape index (κ1) is 10.3. The minimum Gasteiger partial charge on any atom is -0.268 e. The number of hydrogen-bond acceptors (Lipinski definition) is 2. The lowest BCUT2D eigenvalue weighted by Gasteiger charge is -2.27. The molecule has 0 bridgehead atoms. The molecule has 82 valence electrons. The van der Waals surface area contributed by atoms with Gasteiger partial charge in [0, 0.05) is 24.8 Å². The van der Waals surface area contributed by atoms with E-state index in [0.29, 0.717) is 18.5 Å². The second kappa shape index (κ2) is 3.72. The number of halogens is 2. The van der Waals surface area contributed by atoms with Gasteiger partial charge in [-0.2, -0.15) is 5.10 Å². The Morgan fingerprint density at radius 3 is 2.53 bits per heavy atom. The van der Waals surface area contributed by atoms with Crippen molar-refractivity contribution in [2.45, 2.75) is 37.5 Å². The third-order valence-corrected chi connectivity index (χ3v) is 2.84. The topological polar surface area (TPSA) is 45.8 Å². The third kappa shape index (κ3) is 2.40. The predicted octanol–water partition coefficient (Wildman–Crippen LogP) is 2.06. The van der Waals surface area contributed by atoms with Gasteiger partial charge < -0.3 is 0 Å². The average Bonchev–Trinajstić information content (AvgIpc) is 2.20. The van der Waals surface area contributed by atoms with Crippen molar-refractivity contribution in [2.24, 2.45) is 0 Å². The van der Waals surface area contributed by atoms with Crippen molar-refractivity contribution in [3.63, 3.8) is 0 Å². The van der Waals surface area contributed by atoms with Gasteiger partial charge in [0.1, 0.15) is 0 Å². The van der Waals surface area contributed by atoms with Crippen LogP contribution in [0.1, 0.15) is 37.3 Å². The molecule has 0 amide bonds. The highest BCUT2D eigenvalue weighted by Gasteiger charge is 2.35. The summed E-state index contributed by atoms with van der Waals surface area (Å²) >= 11 is 0. The average molecular weight is 214 g/mol. The van der Waals surface area contributed by atoms with Crippen LogP contribution in [-0.2, 0) is 0 Å². The molecule has 0 radical (unpaired) electrons. The first-order valence-electron chi connectivity index (χ1n) is 5.00. The minimum absolute atomic E-state index is 0.0569. The molecule has 5 heteroatoms. The molecule has 0 unspecified atom stereocenters. The van der Waals surface area contributed by atoms with Crippen LogP contribution in [0.15, 0.2) is 16.9 Å². The smallest absolute Gasteiger partial charge is 0.264 e. The van der Waals surface area contributed by atoms with Crippen LogP contribution in [0.3, 0.4) is 0 Å². The lowest BCUT2D eigenvalue weighted by atomic mass is 9.85. The highest BCUT2D eigenvalue weighted by atomic mass is 19.3. The maximum absolute atomic E-state index is 12.9. The fraction of sp³-hybridized carbons (Fsp3) is 0.600. The molecular weight excluding hydrogens is 202 g/mol. The molecule has 1 heterocycles. The van der Waals surface area contributed by atoms with Gasteiger partial charge in [-0.15, -0.1) is 0 Å². The highest BCUT2D eigenvalue weighted by Crippen LogP contribution is 2.39. The van der Waals surface area contributed by atoms with E-state index >= 15 is 0 Å². The summed E-state index contributed by atoms with van der Waals surface area (Å²) in [5.74, 6) is -2.46. The van der Waals surface area contributed by atoms with Gasteiger partial charge in [-0.1, -0.05) is 0 Å². The zero-order valence-corrected chi connectivity index (χ0v) is 8.17. The number of aromatic amines is 1. The van der Waals surface area contributed by atoms with E-state index in [9.17, 15) is 13.6 Å². The van der Waals surface area contributed by atoms with Gasteiger partial charge in [-0.3, -0.25) is 4.79 Å². The van der Waals surface area contributed by atoms with Crippen molar-refractivity contribution in [2.75, 3.05) is 0 Å². The number of hydrogen-bond donors (Lipinski definition) is 1. The lowest BCUT2D eigenvalue weighted by molar-refractivity contribution is -0.0385. The van der Waals surface area contributed by atoms with E-state index < -0.39 is 5.92 Å². The maximum Gasteiger partial charge on any atom is 0.264 e. The van der Waals surface area contributed by atoms with E-state index in [4.69, 9.17) is 0 Å². The normalized spacial score (nSPS) is 21.5. The number of nitrogens with zero attached hydrogens (tertiary/aromatic N) is 1. The molecule has 1 N–H and O–H groups in total. The Kier molecular flexibility index (Phi) is 2.54. The van der Waals surface area contributed by atoms with Gasteiger partial charge in [0.15, 0.2) is 0 Å². The molecule has 0 spiro atoms. The number of alkyl halides is 2. The van der Waals surface area contributed by atoms with E-state index in [2.05, 4.69) is 10.2 Å². The molecule has 1 aromatic heterocycles. The standard InChI is InChI=1S/C10H12F2N2O/c11-10(12)5-3-7(4-6-10)8-1-2-9(15)14-13-8/h1-2,7H,3-6H2,(H,14,15). The van der Waals surface area contributed by atoms with Crippen LogP contribution in [0.2, 0.25) is 0 Å². The van der Waals surface area contributed by atoms with E-state index in [1.807, 2.05) is 0 Å². The van der Waals surface area contributed by atoms with E-state index in [0.717, 1.165) is 0 Å². The Morgan fingerprint density at radius 2 is 2.00 bits per heavy atom. The Morgan fingerprint density at radius 1 is 1.33 bits per heavy atom. The second-order valence-electron chi connectivity index (χ2n) is 3.98. The Balaban J connectivity index is 2.07. The first-order valence-corrected chi connectivity index (χ1v) is 5.00. The van der Waals surface area contributed by atoms with E-state index in [-0.39, 0.29) is 24.3 Å². The third-order valence-electron chi connectivity index (χ3n) is 2.84. The number of aromatic nitrogens is 2. The van der Waals surface area contributed by atoms with Crippen molar-refractivity contribution in [3.05, 3.63) is 28.2 Å². The van der Waals surface area contributed by atoms with Gasteiger partial charge in [-0.25, -0.2) is 13.9 Å². The van der Waals surface area contributed by atoms with Crippen molar-refractivity contribution in [1.82, 2.24) is 10.2 Å². The summed E-state index contributed by atoms with van der Waals surface area (Å²) in [7, 11) is 0. The van der Waals surface area contributed by atoms with Crippen LogP contribution in [0.4, 0.5) is 8.78 Å². The van der Waals surface area contributed by atoms with Crippen molar-refractivity contribution in [1.29, 1.82) is 0 Å². The molecule has 1 aliphatic carbocycles. The molecule has 15 heavy (non-hydrogen) atoms. The van der Waals surface area contributed by atoms with Gasteiger partial charge in [0.25, 0.3) is 5.56 Å². The van der Waals surface area contributed by atoms with Crippen LogP contribution in [0.25, 0.3) is 0 Å². The lowest BCUT2D eigenvalue weighted by Crippen LogP contribution is -2.24. The summed E-state index contributed by atoms with van der Waals surface area (Å²) in [6.45, 7) is 0. The fourth-order valence-corrected chi connectivity index (χ4v) is 1.92. The predicted molar refractivity (Wildman–Crippen MR) is 51.0 cm³/mol. The molecule has 1 aliphatic rings. The van der Waals surface area contributed by atoms with E-state index in [1.165, 1.54) is 6.07 Å². The monoisotopic (exact) mass is 214 g/mol. The molecule has 2 rings (SSSR count). The minimum atomic E-state index is -2.52. The molecule has 0 aromatic carbocycles. The molecular formula is C10H12F2N2O. The first-order chi connectivity index (χ1) is 7.07. The Labute approximate surface area is 85.5 Å². The summed E-state index contributed by atoms with van der Waals surface area (Å²) in [4.78, 5) is 10.8. The summed E-state index contributed by atoms with van der Waals surface area (Å²) in [5, 5.41) is 6.19. The molecule has 0 atom stereocenters. The molecule has 1 aromatic rings. The zero-order chi connectivity index (χ0) is 10.9. The second-order valence-corrected chi connectivity index (χ2v) is 3.98. The van der Waals surface area contributed by atoms with Crippen molar-refractivity contribution >= 4 is 0 Å². The zero-order valence-electron chi connectivity index (χ0n) is 8.17. The van der Waals surface area contributed by atoms with Crippen LogP contribution >= 0.6 is 0 Å². The summed E-state index contributed by atoms with van der Waals surface area (Å²) in [6, 6.07) is 3.00. The van der Waals surface area contributed by atoms with Crippen LogP contribution < -0.4 is 5.56 Å². The number of nitrogens with one attached hydrogen (secondary N) is 1. The van der Waals surface area contributed by atoms with Gasteiger partial charge in [-0.05, 0) is 18.9 Å². The van der Waals surface area contributed by atoms with Crippen LogP contribution in [-0.4, -0.2) is 16.1 Å². The molecule has 0 saturated heterocycles. The highest BCUT2D eigenvalue weighted by molar-refractivity contribution is 5.08. The van der Waals surface area contributed by atoms with Crippen molar-refractivity contribution < 1.29 is 8.78 Å². The number of rotatable bonds is 1. The summed E-state index contributed by atoms with van der Waals surface area (Å²) in [5.41, 5.74) is 0.449. The van der Waals surface area contributed by atoms with E-state index in [1.54, 1.807) is 6.07 Å². The molecule has 0 aliphatic heterocycles. The molecule has 1 saturated carbocycles. The van der Waals surface area contributed by atoms with Gasteiger partial charge in [0.2, 0.25) is 5.92 Å². The summed E-state index contributed by atoms with van der Waals surface area (Å²) in [6.07, 6.45) is 0.703. The SMILES string of the molecule is O=c1ccc(C2CCC(F)(F)CC2)n[nH]1. The number of H-pyrrole nitrogens is 1. The Bertz CT molecular complexity index is 372. The fourth-order valence-electron chi connectivity index (χ4n) is 1.92. The molecule has 1 fully saturated rings. The van der Waals surface area contributed by atoms with Crippen molar-refractivity contribution in [3.8, 4) is 0 Å². The molecule has 3 nitrogen and oxygen atoms in total. The Hall–Kier alpha value is -1.26. The quantitative estimate of drug-likeness (QED) is 0.777. The largest absolute Gasteiger partial charge is 0.268 e. The summed E-state index contributed by atoms with van der Waals surface area (Å²) < 4.78 is 25.8. The van der Waals surface area contributed by atoms with Gasteiger partial charge >= 0.3 is 0 Å².